The van der Waals surface area contributed by atoms with Crippen molar-refractivity contribution in [1.82, 2.24) is 5.32 Å². The second kappa shape index (κ2) is 6.20. The zero-order valence-corrected chi connectivity index (χ0v) is 10.9. The Morgan fingerprint density at radius 1 is 1.26 bits per heavy atom. The summed E-state index contributed by atoms with van der Waals surface area (Å²) in [6.07, 6.45) is 1.59. The lowest BCUT2D eigenvalue weighted by molar-refractivity contribution is -0.123. The van der Waals surface area contributed by atoms with E-state index in [1.165, 1.54) is 0 Å². The van der Waals surface area contributed by atoms with Crippen LogP contribution in [0.15, 0.2) is 53.1 Å². The van der Waals surface area contributed by atoms with Crippen LogP contribution in [0.25, 0.3) is 0 Å². The quantitative estimate of drug-likeness (QED) is 0.863. The lowest BCUT2D eigenvalue weighted by Gasteiger charge is -2.18. The normalized spacial score (nSPS) is 13.8. The summed E-state index contributed by atoms with van der Waals surface area (Å²) in [7, 11) is 0. The highest BCUT2D eigenvalue weighted by Crippen LogP contribution is 2.18. The van der Waals surface area contributed by atoms with Gasteiger partial charge in [0.2, 0.25) is 5.91 Å². The van der Waals surface area contributed by atoms with Crippen molar-refractivity contribution >= 4 is 5.91 Å². The molecule has 0 aliphatic heterocycles. The van der Waals surface area contributed by atoms with E-state index in [9.17, 15) is 4.79 Å². The van der Waals surface area contributed by atoms with Gasteiger partial charge in [-0.2, -0.15) is 0 Å². The lowest BCUT2D eigenvalue weighted by Crippen LogP contribution is -2.34. The Hall–Kier alpha value is -2.07. The molecule has 0 bridgehead atoms. The number of amides is 1. The van der Waals surface area contributed by atoms with Gasteiger partial charge in [0.05, 0.1) is 18.2 Å². The second-order valence-electron chi connectivity index (χ2n) is 4.44. The molecular weight excluding hydrogens is 240 g/mol. The smallest absolute Gasteiger partial charge is 0.229 e. The fourth-order valence-corrected chi connectivity index (χ4v) is 2.00. The third-order valence-electron chi connectivity index (χ3n) is 3.08. The molecule has 0 aliphatic carbocycles. The largest absolute Gasteiger partial charge is 0.467 e. The molecule has 2 atom stereocenters. The molecule has 4 heteroatoms. The van der Waals surface area contributed by atoms with Crippen LogP contribution in [0.2, 0.25) is 0 Å². The van der Waals surface area contributed by atoms with E-state index in [1.54, 1.807) is 12.3 Å². The minimum Gasteiger partial charge on any atom is -0.467 e. The number of nitrogens with two attached hydrogens (primary N) is 1. The maximum absolute atomic E-state index is 12.2. The van der Waals surface area contributed by atoms with Gasteiger partial charge in [0.15, 0.2) is 0 Å². The van der Waals surface area contributed by atoms with E-state index < -0.39 is 0 Å². The van der Waals surface area contributed by atoms with Crippen molar-refractivity contribution < 1.29 is 9.21 Å². The van der Waals surface area contributed by atoms with Gasteiger partial charge in [0.1, 0.15) is 5.76 Å². The molecule has 1 aromatic carbocycles. The number of carbonyl (C=O) groups excluding carboxylic acids is 1. The van der Waals surface area contributed by atoms with Gasteiger partial charge in [-0.3, -0.25) is 4.79 Å². The Morgan fingerprint density at radius 2 is 2.00 bits per heavy atom. The highest BCUT2D eigenvalue weighted by atomic mass is 16.3. The number of hydrogen-bond acceptors (Lipinski definition) is 3. The first-order chi connectivity index (χ1) is 9.22. The molecule has 1 heterocycles. The monoisotopic (exact) mass is 258 g/mol. The van der Waals surface area contributed by atoms with Crippen LogP contribution in [0.3, 0.4) is 0 Å². The molecule has 0 aliphatic rings. The van der Waals surface area contributed by atoms with Gasteiger partial charge >= 0.3 is 0 Å². The van der Waals surface area contributed by atoms with Crippen LogP contribution in [-0.4, -0.2) is 12.5 Å². The molecule has 100 valence electrons. The average Bonchev–Trinajstić information content (AvgIpc) is 2.94. The van der Waals surface area contributed by atoms with Gasteiger partial charge in [0, 0.05) is 6.54 Å². The van der Waals surface area contributed by atoms with Gasteiger partial charge in [-0.25, -0.2) is 0 Å². The molecule has 0 spiro atoms. The maximum Gasteiger partial charge on any atom is 0.229 e. The summed E-state index contributed by atoms with van der Waals surface area (Å²) in [6, 6.07) is 13.0. The molecule has 0 radical (unpaired) electrons. The van der Waals surface area contributed by atoms with Crippen molar-refractivity contribution in [2.24, 2.45) is 5.73 Å². The Balaban J connectivity index is 2.06. The van der Waals surface area contributed by atoms with Gasteiger partial charge in [-0.15, -0.1) is 0 Å². The van der Waals surface area contributed by atoms with E-state index in [-0.39, 0.29) is 24.4 Å². The third-order valence-corrected chi connectivity index (χ3v) is 3.08. The number of benzene rings is 1. The summed E-state index contributed by atoms with van der Waals surface area (Å²) in [5.41, 5.74) is 6.64. The summed E-state index contributed by atoms with van der Waals surface area (Å²) in [4.78, 5) is 12.2. The van der Waals surface area contributed by atoms with E-state index in [0.717, 1.165) is 11.3 Å². The van der Waals surface area contributed by atoms with Crippen LogP contribution in [0.1, 0.15) is 30.2 Å². The van der Waals surface area contributed by atoms with E-state index in [2.05, 4.69) is 5.32 Å². The predicted octanol–water partition coefficient (Wildman–Crippen LogP) is 2.20. The minimum absolute atomic E-state index is 0.0856. The van der Waals surface area contributed by atoms with Gasteiger partial charge in [-0.05, 0) is 24.6 Å². The van der Waals surface area contributed by atoms with Crippen LogP contribution in [0.5, 0.6) is 0 Å². The van der Waals surface area contributed by atoms with Gasteiger partial charge < -0.3 is 15.5 Å². The first kappa shape index (κ1) is 13.4. The highest BCUT2D eigenvalue weighted by molar-refractivity contribution is 5.84. The lowest BCUT2D eigenvalue weighted by atomic mass is 9.98. The molecular formula is C15H18N2O2. The third kappa shape index (κ3) is 3.23. The summed E-state index contributed by atoms with van der Waals surface area (Å²) >= 11 is 0. The van der Waals surface area contributed by atoms with E-state index >= 15 is 0 Å². The zero-order chi connectivity index (χ0) is 13.7. The molecule has 0 saturated carbocycles. The molecule has 2 aromatic rings. The summed E-state index contributed by atoms with van der Waals surface area (Å²) < 4.78 is 5.27. The van der Waals surface area contributed by atoms with Gasteiger partial charge in [0.25, 0.3) is 0 Å². The molecule has 2 rings (SSSR count). The van der Waals surface area contributed by atoms with Crippen LogP contribution in [0.4, 0.5) is 0 Å². The SMILES string of the molecule is C[C@@H](NC(=O)C(CN)c1ccccc1)c1ccco1. The van der Waals surface area contributed by atoms with Gasteiger partial charge in [-0.1, -0.05) is 30.3 Å². The Bertz CT molecular complexity index is 508. The molecule has 3 N–H and O–H groups in total. The van der Waals surface area contributed by atoms with Crippen LogP contribution >= 0.6 is 0 Å². The molecule has 1 unspecified atom stereocenters. The maximum atomic E-state index is 12.2. The van der Waals surface area contributed by atoms with Crippen molar-refractivity contribution in [3.8, 4) is 0 Å². The molecule has 1 amide bonds. The van der Waals surface area contributed by atoms with Crippen LogP contribution < -0.4 is 11.1 Å². The summed E-state index contributed by atoms with van der Waals surface area (Å²) in [5.74, 6) is 0.313. The van der Waals surface area contributed by atoms with E-state index in [1.807, 2.05) is 43.3 Å². The Labute approximate surface area is 112 Å². The van der Waals surface area contributed by atoms with Crippen LogP contribution in [-0.2, 0) is 4.79 Å². The number of carbonyl (C=O) groups is 1. The molecule has 1 aromatic heterocycles. The second-order valence-corrected chi connectivity index (χ2v) is 4.44. The number of furan rings is 1. The van der Waals surface area contributed by atoms with Crippen molar-refractivity contribution in [2.75, 3.05) is 6.54 Å². The average molecular weight is 258 g/mol. The van der Waals surface area contributed by atoms with E-state index in [0.29, 0.717) is 0 Å². The molecule has 0 saturated heterocycles. The number of rotatable bonds is 5. The van der Waals surface area contributed by atoms with Crippen molar-refractivity contribution in [2.45, 2.75) is 18.9 Å². The minimum atomic E-state index is -0.335. The summed E-state index contributed by atoms with van der Waals surface area (Å²) in [6.45, 7) is 2.16. The van der Waals surface area contributed by atoms with Crippen molar-refractivity contribution in [3.63, 3.8) is 0 Å². The first-order valence-corrected chi connectivity index (χ1v) is 6.31. The highest BCUT2D eigenvalue weighted by Gasteiger charge is 2.21. The summed E-state index contributed by atoms with van der Waals surface area (Å²) in [5, 5.41) is 2.92. The fourth-order valence-electron chi connectivity index (χ4n) is 2.00. The Morgan fingerprint density at radius 3 is 2.58 bits per heavy atom. The van der Waals surface area contributed by atoms with E-state index in [4.69, 9.17) is 10.2 Å². The molecule has 4 nitrogen and oxygen atoms in total. The molecule has 0 fully saturated rings. The van der Waals surface area contributed by atoms with Crippen molar-refractivity contribution in [3.05, 3.63) is 60.1 Å². The first-order valence-electron chi connectivity index (χ1n) is 6.31. The molecule has 19 heavy (non-hydrogen) atoms. The number of nitrogens with one attached hydrogen (secondary N) is 1. The Kier molecular flexibility index (Phi) is 4.36. The standard InChI is InChI=1S/C15H18N2O2/c1-11(14-8-5-9-19-14)17-15(18)13(10-16)12-6-3-2-4-7-12/h2-9,11,13H,10,16H2,1H3,(H,17,18)/t11-,13?/m1/s1. The topological polar surface area (TPSA) is 68.3 Å². The number of hydrogen-bond donors (Lipinski definition) is 2. The zero-order valence-electron chi connectivity index (χ0n) is 10.9. The predicted molar refractivity (Wildman–Crippen MR) is 73.5 cm³/mol. The fraction of sp³-hybridized carbons (Fsp3) is 0.267. The van der Waals surface area contributed by atoms with Crippen molar-refractivity contribution in [1.29, 1.82) is 0 Å². The van der Waals surface area contributed by atoms with Crippen LogP contribution in [0, 0.1) is 0 Å².